The number of amides is 1. The summed E-state index contributed by atoms with van der Waals surface area (Å²) in [5, 5.41) is 11.8. The second kappa shape index (κ2) is 9.43. The minimum absolute atomic E-state index is 0.211. The highest BCUT2D eigenvalue weighted by Gasteiger charge is 2.35. The highest BCUT2D eigenvalue weighted by molar-refractivity contribution is 5.94. The van der Waals surface area contributed by atoms with Crippen molar-refractivity contribution in [3.63, 3.8) is 0 Å². The van der Waals surface area contributed by atoms with Gasteiger partial charge in [0.1, 0.15) is 11.5 Å². The van der Waals surface area contributed by atoms with E-state index in [-0.39, 0.29) is 11.3 Å². The van der Waals surface area contributed by atoms with E-state index in [2.05, 4.69) is 5.32 Å². The molecular weight excluding hydrogens is 374 g/mol. The molecule has 1 amide bonds. The Bertz CT molecular complexity index is 843. The number of benzene rings is 2. The van der Waals surface area contributed by atoms with Gasteiger partial charge in [-0.15, -0.1) is 0 Å². The van der Waals surface area contributed by atoms with Crippen molar-refractivity contribution in [3.05, 3.63) is 59.7 Å². The number of hydrogen-bond acceptors (Lipinski definition) is 5. The molecule has 1 saturated heterocycles. The van der Waals surface area contributed by atoms with E-state index in [4.69, 9.17) is 19.3 Å². The van der Waals surface area contributed by atoms with E-state index in [1.54, 1.807) is 31.4 Å². The van der Waals surface area contributed by atoms with Crippen LogP contribution >= 0.6 is 0 Å². The number of carboxylic acids is 1. The Morgan fingerprint density at radius 2 is 1.83 bits per heavy atom. The van der Waals surface area contributed by atoms with Crippen LogP contribution in [0.2, 0.25) is 0 Å². The maximum atomic E-state index is 12.7. The van der Waals surface area contributed by atoms with Crippen LogP contribution in [0, 0.1) is 0 Å². The van der Waals surface area contributed by atoms with Crippen molar-refractivity contribution >= 4 is 11.9 Å². The number of nitrogens with one attached hydrogen (secondary N) is 1. The number of hydrogen-bond donors (Lipinski definition) is 2. The number of rotatable bonds is 8. The highest BCUT2D eigenvalue weighted by atomic mass is 16.5. The van der Waals surface area contributed by atoms with E-state index in [1.165, 1.54) is 0 Å². The maximum Gasteiger partial charge on any atom is 0.341 e. The highest BCUT2D eigenvalue weighted by Crippen LogP contribution is 2.35. The predicted molar refractivity (Wildman–Crippen MR) is 107 cm³/mol. The molecule has 2 aromatic carbocycles. The van der Waals surface area contributed by atoms with Crippen LogP contribution in [0.3, 0.4) is 0 Å². The molecule has 0 aromatic heterocycles. The fourth-order valence-corrected chi connectivity index (χ4v) is 3.50. The molecule has 0 unspecified atom stereocenters. The first-order valence-corrected chi connectivity index (χ1v) is 9.47. The Balaban J connectivity index is 1.71. The van der Waals surface area contributed by atoms with E-state index in [9.17, 15) is 9.59 Å². The molecule has 0 aliphatic carbocycles. The van der Waals surface area contributed by atoms with Crippen LogP contribution in [0.5, 0.6) is 11.5 Å². The van der Waals surface area contributed by atoms with E-state index in [1.807, 2.05) is 24.3 Å². The van der Waals surface area contributed by atoms with Crippen molar-refractivity contribution in [1.82, 2.24) is 5.32 Å². The summed E-state index contributed by atoms with van der Waals surface area (Å²) < 4.78 is 15.9. The van der Waals surface area contributed by atoms with Gasteiger partial charge in [0, 0.05) is 30.7 Å². The molecule has 7 heteroatoms. The summed E-state index contributed by atoms with van der Waals surface area (Å²) in [6.45, 7) is 1.30. The molecule has 29 heavy (non-hydrogen) atoms. The molecule has 0 atom stereocenters. The second-order valence-corrected chi connectivity index (χ2v) is 7.01. The topological polar surface area (TPSA) is 94.1 Å². The van der Waals surface area contributed by atoms with Gasteiger partial charge in [-0.2, -0.15) is 0 Å². The van der Waals surface area contributed by atoms with Crippen molar-refractivity contribution in [1.29, 1.82) is 0 Å². The molecule has 1 fully saturated rings. The summed E-state index contributed by atoms with van der Waals surface area (Å²) in [4.78, 5) is 23.4. The zero-order chi connectivity index (χ0) is 20.7. The van der Waals surface area contributed by atoms with Gasteiger partial charge in [-0.1, -0.05) is 18.2 Å². The molecule has 1 aliphatic rings. The molecule has 0 bridgehead atoms. The first kappa shape index (κ1) is 20.7. The van der Waals surface area contributed by atoms with Crippen LogP contribution in [-0.2, 0) is 14.9 Å². The van der Waals surface area contributed by atoms with Gasteiger partial charge >= 0.3 is 5.97 Å². The average molecular weight is 399 g/mol. The number of carbonyl (C=O) groups excluding carboxylic acids is 1. The Morgan fingerprint density at radius 3 is 2.48 bits per heavy atom. The molecule has 7 nitrogen and oxygen atoms in total. The quantitative estimate of drug-likeness (QED) is 0.709. The van der Waals surface area contributed by atoms with Gasteiger partial charge in [0.25, 0.3) is 5.91 Å². The third-order valence-corrected chi connectivity index (χ3v) is 5.20. The molecule has 154 valence electrons. The lowest BCUT2D eigenvalue weighted by Gasteiger charge is -2.38. The largest absolute Gasteiger partial charge is 0.497 e. The average Bonchev–Trinajstić information content (AvgIpc) is 2.77. The van der Waals surface area contributed by atoms with Crippen LogP contribution in [-0.4, -0.2) is 50.5 Å². The lowest BCUT2D eigenvalue weighted by molar-refractivity contribution is -0.139. The van der Waals surface area contributed by atoms with Crippen molar-refractivity contribution < 1.29 is 28.9 Å². The fourth-order valence-electron chi connectivity index (χ4n) is 3.50. The van der Waals surface area contributed by atoms with E-state index in [0.717, 1.165) is 24.2 Å². The Hall–Kier alpha value is -3.06. The Morgan fingerprint density at radius 1 is 1.10 bits per heavy atom. The van der Waals surface area contributed by atoms with Crippen molar-refractivity contribution in [2.45, 2.75) is 18.3 Å². The summed E-state index contributed by atoms with van der Waals surface area (Å²) >= 11 is 0. The fraction of sp³-hybridized carbons (Fsp3) is 0.364. The first-order chi connectivity index (χ1) is 14.0. The lowest BCUT2D eigenvalue weighted by Crippen LogP contribution is -2.44. The summed E-state index contributed by atoms with van der Waals surface area (Å²) in [6, 6.07) is 14.4. The van der Waals surface area contributed by atoms with Crippen molar-refractivity contribution in [2.75, 3.05) is 33.5 Å². The van der Waals surface area contributed by atoms with E-state index in [0.29, 0.717) is 31.1 Å². The van der Waals surface area contributed by atoms with Gasteiger partial charge in [0.2, 0.25) is 0 Å². The Kier molecular flexibility index (Phi) is 6.72. The van der Waals surface area contributed by atoms with Gasteiger partial charge < -0.3 is 24.6 Å². The normalized spacial score (nSPS) is 15.3. The number of aliphatic carboxylic acids is 1. The number of carbonyl (C=O) groups is 2. The standard InChI is InChI=1S/C22H25NO6/c1-27-18-7-5-17(6-8-18)22(9-11-28-12-10-22)15-23-21(26)16-3-2-4-19(13-16)29-14-20(24)25/h2-8,13H,9-12,14-15H2,1H3,(H,23,26)(H,24,25). The minimum atomic E-state index is -1.07. The molecule has 0 radical (unpaired) electrons. The van der Waals surface area contributed by atoms with Crippen molar-refractivity contribution in [3.8, 4) is 11.5 Å². The van der Waals surface area contributed by atoms with Crippen LogP contribution in [0.15, 0.2) is 48.5 Å². The molecule has 3 rings (SSSR count). The summed E-state index contributed by atoms with van der Waals surface area (Å²) in [7, 11) is 1.63. The predicted octanol–water partition coefficient (Wildman–Crippen LogP) is 2.64. The van der Waals surface area contributed by atoms with Crippen LogP contribution in [0.4, 0.5) is 0 Å². The number of methoxy groups -OCH3 is 1. The van der Waals surface area contributed by atoms with Gasteiger partial charge in [-0.05, 0) is 48.7 Å². The summed E-state index contributed by atoms with van der Waals surface area (Å²) in [5.74, 6) is -0.167. The van der Waals surface area contributed by atoms with E-state index < -0.39 is 12.6 Å². The minimum Gasteiger partial charge on any atom is -0.497 e. The zero-order valence-corrected chi connectivity index (χ0v) is 16.3. The maximum absolute atomic E-state index is 12.7. The van der Waals surface area contributed by atoms with Crippen molar-refractivity contribution in [2.24, 2.45) is 0 Å². The summed E-state index contributed by atoms with van der Waals surface area (Å²) in [5.41, 5.74) is 1.35. The number of carboxylic acid groups (broad SMARTS) is 1. The smallest absolute Gasteiger partial charge is 0.341 e. The lowest BCUT2D eigenvalue weighted by atomic mass is 9.74. The third-order valence-electron chi connectivity index (χ3n) is 5.20. The van der Waals surface area contributed by atoms with Gasteiger partial charge in [0.05, 0.1) is 7.11 Å². The second-order valence-electron chi connectivity index (χ2n) is 7.01. The third kappa shape index (κ3) is 5.26. The summed E-state index contributed by atoms with van der Waals surface area (Å²) in [6.07, 6.45) is 1.61. The molecular formula is C22H25NO6. The molecule has 2 N–H and O–H groups in total. The number of ether oxygens (including phenoxy) is 3. The molecule has 2 aromatic rings. The first-order valence-electron chi connectivity index (χ1n) is 9.47. The molecule has 0 saturated carbocycles. The monoisotopic (exact) mass is 399 g/mol. The van der Waals surface area contributed by atoms with Gasteiger partial charge in [0.15, 0.2) is 6.61 Å². The molecule has 1 heterocycles. The Labute approximate surface area is 169 Å². The molecule has 1 aliphatic heterocycles. The van der Waals surface area contributed by atoms with Gasteiger partial charge in [-0.3, -0.25) is 4.79 Å². The van der Waals surface area contributed by atoms with Crippen LogP contribution < -0.4 is 14.8 Å². The van der Waals surface area contributed by atoms with E-state index >= 15 is 0 Å². The molecule has 0 spiro atoms. The zero-order valence-electron chi connectivity index (χ0n) is 16.3. The van der Waals surface area contributed by atoms with Gasteiger partial charge in [-0.25, -0.2) is 4.79 Å². The van der Waals surface area contributed by atoms with Crippen LogP contribution in [0.25, 0.3) is 0 Å². The SMILES string of the molecule is COc1ccc(C2(CNC(=O)c3cccc(OCC(=O)O)c3)CCOCC2)cc1. The van der Waals surface area contributed by atoms with Crippen LogP contribution in [0.1, 0.15) is 28.8 Å².